The van der Waals surface area contributed by atoms with Crippen LogP contribution in [0, 0.1) is 0 Å². The van der Waals surface area contributed by atoms with Crippen molar-refractivity contribution < 1.29 is 4.79 Å². The maximum absolute atomic E-state index is 11.0. The van der Waals surface area contributed by atoms with Gasteiger partial charge in [0, 0.05) is 24.3 Å². The van der Waals surface area contributed by atoms with Gasteiger partial charge in [-0.2, -0.15) is 0 Å². The third kappa shape index (κ3) is 2.87. The van der Waals surface area contributed by atoms with Crippen molar-refractivity contribution in [3.63, 3.8) is 0 Å². The molecule has 2 N–H and O–H groups in total. The SMILES string of the molecule is CCC1CN=C(NCC2CCC(=O)N2)S1. The van der Waals surface area contributed by atoms with Gasteiger partial charge in [-0.05, 0) is 12.8 Å². The molecule has 15 heavy (non-hydrogen) atoms. The third-order valence-electron chi connectivity index (χ3n) is 2.76. The molecule has 2 atom stereocenters. The number of amidine groups is 1. The highest BCUT2D eigenvalue weighted by Crippen LogP contribution is 2.22. The van der Waals surface area contributed by atoms with Crippen LogP contribution in [0.15, 0.2) is 4.99 Å². The lowest BCUT2D eigenvalue weighted by molar-refractivity contribution is -0.119. The van der Waals surface area contributed by atoms with Crippen molar-refractivity contribution in [3.05, 3.63) is 0 Å². The van der Waals surface area contributed by atoms with Crippen LogP contribution in [0.4, 0.5) is 0 Å². The van der Waals surface area contributed by atoms with Gasteiger partial charge in [0.05, 0.1) is 6.54 Å². The van der Waals surface area contributed by atoms with Gasteiger partial charge in [-0.15, -0.1) is 0 Å². The molecule has 0 aromatic heterocycles. The van der Waals surface area contributed by atoms with Crippen LogP contribution in [-0.2, 0) is 4.79 Å². The van der Waals surface area contributed by atoms with E-state index >= 15 is 0 Å². The highest BCUT2D eigenvalue weighted by molar-refractivity contribution is 8.14. The molecule has 0 radical (unpaired) electrons. The summed E-state index contributed by atoms with van der Waals surface area (Å²) in [4.78, 5) is 15.4. The lowest BCUT2D eigenvalue weighted by Crippen LogP contribution is -2.37. The molecule has 0 aliphatic carbocycles. The molecule has 0 saturated carbocycles. The van der Waals surface area contributed by atoms with Gasteiger partial charge in [0.1, 0.15) is 0 Å². The fraction of sp³-hybridized carbons (Fsp3) is 0.800. The van der Waals surface area contributed by atoms with E-state index in [0.29, 0.717) is 17.7 Å². The maximum atomic E-state index is 11.0. The molecule has 2 heterocycles. The fourth-order valence-corrected chi connectivity index (χ4v) is 2.72. The van der Waals surface area contributed by atoms with E-state index in [4.69, 9.17) is 0 Å². The van der Waals surface area contributed by atoms with Crippen LogP contribution in [0.25, 0.3) is 0 Å². The van der Waals surface area contributed by atoms with E-state index in [2.05, 4.69) is 22.5 Å². The molecule has 0 spiro atoms. The number of nitrogens with one attached hydrogen (secondary N) is 2. The fourth-order valence-electron chi connectivity index (χ4n) is 1.77. The molecule has 1 amide bonds. The first kappa shape index (κ1) is 10.8. The molecule has 84 valence electrons. The standard InChI is InChI=1S/C10H17N3OS/c1-2-8-6-12-10(15-8)11-5-7-3-4-9(14)13-7/h7-8H,2-6H2,1H3,(H,11,12)(H,13,14). The molecule has 5 heteroatoms. The van der Waals surface area contributed by atoms with Crippen molar-refractivity contribution in [2.45, 2.75) is 37.5 Å². The Hall–Kier alpha value is -0.710. The largest absolute Gasteiger partial charge is 0.363 e. The quantitative estimate of drug-likeness (QED) is 0.747. The maximum Gasteiger partial charge on any atom is 0.220 e. The van der Waals surface area contributed by atoms with Crippen molar-refractivity contribution in [1.82, 2.24) is 10.6 Å². The van der Waals surface area contributed by atoms with Crippen LogP contribution >= 0.6 is 11.8 Å². The Kier molecular flexibility index (Phi) is 3.51. The molecular weight excluding hydrogens is 210 g/mol. The first-order valence-electron chi connectivity index (χ1n) is 5.52. The van der Waals surface area contributed by atoms with Crippen molar-refractivity contribution in [1.29, 1.82) is 0 Å². The number of amides is 1. The number of nitrogens with zero attached hydrogens (tertiary/aromatic N) is 1. The Morgan fingerprint density at radius 3 is 3.13 bits per heavy atom. The van der Waals surface area contributed by atoms with E-state index in [1.54, 1.807) is 0 Å². The average molecular weight is 227 g/mol. The Morgan fingerprint density at radius 1 is 1.67 bits per heavy atom. The van der Waals surface area contributed by atoms with Crippen molar-refractivity contribution in [3.8, 4) is 0 Å². The highest BCUT2D eigenvalue weighted by atomic mass is 32.2. The summed E-state index contributed by atoms with van der Waals surface area (Å²) >= 11 is 1.82. The molecule has 1 saturated heterocycles. The molecule has 2 unspecified atom stereocenters. The summed E-state index contributed by atoms with van der Waals surface area (Å²) in [6.45, 7) is 3.93. The number of carbonyl (C=O) groups is 1. The number of hydrogen-bond donors (Lipinski definition) is 2. The van der Waals surface area contributed by atoms with Gasteiger partial charge in [0.2, 0.25) is 5.91 Å². The monoisotopic (exact) mass is 227 g/mol. The highest BCUT2D eigenvalue weighted by Gasteiger charge is 2.22. The summed E-state index contributed by atoms with van der Waals surface area (Å²) in [6, 6.07) is 0.293. The van der Waals surface area contributed by atoms with Crippen LogP contribution in [-0.4, -0.2) is 35.5 Å². The first-order chi connectivity index (χ1) is 7.28. The number of hydrogen-bond acceptors (Lipinski definition) is 4. The summed E-state index contributed by atoms with van der Waals surface area (Å²) < 4.78 is 0. The normalized spacial score (nSPS) is 30.2. The van der Waals surface area contributed by atoms with Crippen LogP contribution in [0.5, 0.6) is 0 Å². The molecule has 0 aromatic rings. The van der Waals surface area contributed by atoms with Crippen LogP contribution < -0.4 is 10.6 Å². The number of rotatable bonds is 3. The van der Waals surface area contributed by atoms with Gasteiger partial charge in [0.15, 0.2) is 5.17 Å². The first-order valence-corrected chi connectivity index (χ1v) is 6.40. The van der Waals surface area contributed by atoms with Gasteiger partial charge >= 0.3 is 0 Å². The Balaban J connectivity index is 1.68. The molecule has 1 fully saturated rings. The molecule has 2 aliphatic heterocycles. The molecule has 4 nitrogen and oxygen atoms in total. The van der Waals surface area contributed by atoms with E-state index < -0.39 is 0 Å². The van der Waals surface area contributed by atoms with E-state index in [1.807, 2.05) is 11.8 Å². The lowest BCUT2D eigenvalue weighted by Gasteiger charge is -2.12. The van der Waals surface area contributed by atoms with Crippen LogP contribution in [0.3, 0.4) is 0 Å². The summed E-state index contributed by atoms with van der Waals surface area (Å²) in [7, 11) is 0. The summed E-state index contributed by atoms with van der Waals surface area (Å²) in [5.74, 6) is 0.175. The van der Waals surface area contributed by atoms with Gasteiger partial charge in [-0.25, -0.2) is 0 Å². The van der Waals surface area contributed by atoms with E-state index in [1.165, 1.54) is 6.42 Å². The van der Waals surface area contributed by atoms with Gasteiger partial charge < -0.3 is 10.6 Å². The Morgan fingerprint density at radius 2 is 2.53 bits per heavy atom. The smallest absolute Gasteiger partial charge is 0.220 e. The van der Waals surface area contributed by atoms with E-state index in [-0.39, 0.29) is 5.91 Å². The zero-order valence-corrected chi connectivity index (χ0v) is 9.77. The van der Waals surface area contributed by atoms with Gasteiger partial charge in [0.25, 0.3) is 0 Å². The van der Waals surface area contributed by atoms with E-state index in [9.17, 15) is 4.79 Å². The Labute approximate surface area is 94.3 Å². The van der Waals surface area contributed by atoms with Gasteiger partial charge in [-0.3, -0.25) is 9.79 Å². The molecule has 0 bridgehead atoms. The second-order valence-corrected chi connectivity index (χ2v) is 5.27. The van der Waals surface area contributed by atoms with Gasteiger partial charge in [-0.1, -0.05) is 18.7 Å². The lowest BCUT2D eigenvalue weighted by atomic mass is 10.2. The predicted octanol–water partition coefficient (Wildman–Crippen LogP) is 0.736. The second kappa shape index (κ2) is 4.88. The van der Waals surface area contributed by atoms with Crippen molar-refractivity contribution >= 4 is 22.8 Å². The third-order valence-corrected chi connectivity index (χ3v) is 4.07. The number of aliphatic imine (C=N–C) groups is 1. The summed E-state index contributed by atoms with van der Waals surface area (Å²) in [5.41, 5.74) is 0. The molecular formula is C10H17N3OS. The second-order valence-electron chi connectivity index (χ2n) is 3.98. The number of carbonyl (C=O) groups excluding carboxylic acids is 1. The van der Waals surface area contributed by atoms with E-state index in [0.717, 1.165) is 24.7 Å². The predicted molar refractivity (Wildman–Crippen MR) is 63.1 cm³/mol. The minimum Gasteiger partial charge on any atom is -0.363 e. The molecule has 0 aromatic carbocycles. The summed E-state index contributed by atoms with van der Waals surface area (Å²) in [5, 5.41) is 7.93. The zero-order chi connectivity index (χ0) is 10.7. The average Bonchev–Trinajstić information content (AvgIpc) is 2.83. The number of thioether (sulfide) groups is 1. The minimum absolute atomic E-state index is 0.175. The summed E-state index contributed by atoms with van der Waals surface area (Å²) in [6.07, 6.45) is 2.78. The zero-order valence-electron chi connectivity index (χ0n) is 8.95. The van der Waals surface area contributed by atoms with Crippen molar-refractivity contribution in [2.24, 2.45) is 4.99 Å². The van der Waals surface area contributed by atoms with Crippen LogP contribution in [0.2, 0.25) is 0 Å². The topological polar surface area (TPSA) is 53.5 Å². The minimum atomic E-state index is 0.175. The van der Waals surface area contributed by atoms with Crippen LogP contribution in [0.1, 0.15) is 26.2 Å². The molecule has 2 aliphatic rings. The Bertz CT molecular complexity index is 280. The molecule has 2 rings (SSSR count). The van der Waals surface area contributed by atoms with Crippen molar-refractivity contribution in [2.75, 3.05) is 13.1 Å².